The summed E-state index contributed by atoms with van der Waals surface area (Å²) < 4.78 is 22.5. The summed E-state index contributed by atoms with van der Waals surface area (Å²) in [6.07, 6.45) is 1.21. The molecule has 0 atom stereocenters. The molecule has 0 saturated carbocycles. The summed E-state index contributed by atoms with van der Waals surface area (Å²) in [5.41, 5.74) is 17.1. The van der Waals surface area contributed by atoms with Crippen molar-refractivity contribution in [3.05, 3.63) is 230 Å². The first kappa shape index (κ1) is 36.4. The van der Waals surface area contributed by atoms with Crippen molar-refractivity contribution >= 4 is 27.6 Å². The number of aromatic nitrogens is 2. The maximum atomic E-state index is 13.0. The molecule has 0 aliphatic carbocycles. The van der Waals surface area contributed by atoms with Crippen LogP contribution in [0.2, 0.25) is 0 Å². The van der Waals surface area contributed by atoms with E-state index in [9.17, 15) is 9.90 Å². The number of hydrogen-bond donors (Lipinski definition) is 1. The van der Waals surface area contributed by atoms with Crippen LogP contribution < -0.4 is 0 Å². The fraction of sp³-hybridized carbons (Fsp3) is 0.0500. The van der Waals surface area contributed by atoms with E-state index in [2.05, 4.69) is 158 Å². The number of hydrogen-bond acceptors (Lipinski definition) is 4. The number of aryl methyl sites for hydroxylation is 1. The molecule has 2 aromatic heterocycles. The average molecular weight is 828 g/mol. The van der Waals surface area contributed by atoms with E-state index in [0.29, 0.717) is 6.42 Å². The fourth-order valence-corrected chi connectivity index (χ4v) is 8.66. The number of benzene rings is 8. The molecule has 0 radical (unpaired) electrons. The maximum absolute atomic E-state index is 13.0. The number of pyridine rings is 2. The summed E-state index contributed by atoms with van der Waals surface area (Å²) in [7, 11) is 0. The van der Waals surface area contributed by atoms with Gasteiger partial charge in [-0.05, 0) is 117 Å². The van der Waals surface area contributed by atoms with Gasteiger partial charge in [0.25, 0.3) is 0 Å². The SMILES string of the molecule is [2H]C([2H])([2H])/C(O)=C/C(=O)CCc1ccccc1-c1cc(-c2ccccc2-c2ccc(-c3ccc4ccccc4n3)cc2)cc(-c2ccccc2-c2ccc(-c3ccc4ccccc4n3)cc2)c1. The minimum atomic E-state index is -2.75. The molecule has 0 saturated heterocycles. The molecule has 8 aromatic carbocycles. The van der Waals surface area contributed by atoms with E-state index in [1.165, 1.54) is 0 Å². The van der Waals surface area contributed by atoms with E-state index in [1.807, 2.05) is 54.6 Å². The maximum Gasteiger partial charge on any atom is 0.159 e. The van der Waals surface area contributed by atoms with Gasteiger partial charge in [0.15, 0.2) is 5.78 Å². The van der Waals surface area contributed by atoms with E-state index in [-0.39, 0.29) is 6.42 Å². The highest BCUT2D eigenvalue weighted by molar-refractivity contribution is 5.93. The topological polar surface area (TPSA) is 63.1 Å². The van der Waals surface area contributed by atoms with Crippen LogP contribution in [0, 0.1) is 0 Å². The van der Waals surface area contributed by atoms with Crippen LogP contribution in [0.5, 0.6) is 0 Å². The molecule has 10 aromatic rings. The lowest BCUT2D eigenvalue weighted by atomic mass is 9.86. The van der Waals surface area contributed by atoms with Gasteiger partial charge in [-0.2, -0.15) is 0 Å². The van der Waals surface area contributed by atoms with Crippen LogP contribution in [0.15, 0.2) is 224 Å². The minimum absolute atomic E-state index is 0.0325. The van der Waals surface area contributed by atoms with Crippen molar-refractivity contribution in [3.8, 4) is 78.1 Å². The predicted molar refractivity (Wildman–Crippen MR) is 265 cm³/mol. The molecule has 0 spiro atoms. The summed E-state index contributed by atoms with van der Waals surface area (Å²) in [4.78, 5) is 22.8. The van der Waals surface area contributed by atoms with Crippen molar-refractivity contribution in [2.75, 3.05) is 0 Å². The van der Waals surface area contributed by atoms with Crippen molar-refractivity contribution in [3.63, 3.8) is 0 Å². The molecule has 64 heavy (non-hydrogen) atoms. The Hall–Kier alpha value is -8.21. The molecular weight excluding hydrogens is 781 g/mol. The summed E-state index contributed by atoms with van der Waals surface area (Å²) in [5, 5.41) is 12.3. The number of nitrogens with zero attached hydrogens (tertiary/aromatic N) is 2. The van der Waals surface area contributed by atoms with Crippen LogP contribution in [0.4, 0.5) is 0 Å². The van der Waals surface area contributed by atoms with Crippen molar-refractivity contribution in [2.45, 2.75) is 19.7 Å². The molecule has 4 nitrogen and oxygen atoms in total. The highest BCUT2D eigenvalue weighted by atomic mass is 16.3. The zero-order valence-corrected chi connectivity index (χ0v) is 34.9. The number of fused-ring (bicyclic) bond motifs is 2. The van der Waals surface area contributed by atoms with Crippen LogP contribution in [0.1, 0.15) is 22.9 Å². The van der Waals surface area contributed by atoms with Crippen molar-refractivity contribution in [2.24, 2.45) is 0 Å². The Bertz CT molecular complexity index is 3300. The monoisotopic (exact) mass is 827 g/mol. The second kappa shape index (κ2) is 17.6. The van der Waals surface area contributed by atoms with Crippen LogP contribution >= 0.6 is 0 Å². The van der Waals surface area contributed by atoms with Gasteiger partial charge in [-0.1, -0.05) is 170 Å². The highest BCUT2D eigenvalue weighted by Gasteiger charge is 2.17. The Morgan fingerprint density at radius 3 is 1.33 bits per heavy atom. The number of rotatable bonds is 11. The summed E-state index contributed by atoms with van der Waals surface area (Å²) in [6, 6.07) is 73.4. The molecule has 306 valence electrons. The quantitative estimate of drug-likeness (QED) is 0.104. The van der Waals surface area contributed by atoms with Crippen LogP contribution in [-0.2, 0) is 11.2 Å². The van der Waals surface area contributed by atoms with Crippen molar-refractivity contribution in [1.82, 2.24) is 9.97 Å². The molecule has 1 N–H and O–H groups in total. The third-order valence-electron chi connectivity index (χ3n) is 11.9. The summed E-state index contributed by atoms with van der Waals surface area (Å²) in [5.74, 6) is -1.36. The number of carbonyl (C=O) groups is 1. The number of carbonyl (C=O) groups excluding carboxylic acids is 1. The Morgan fingerprint density at radius 2 is 0.844 bits per heavy atom. The normalized spacial score (nSPS) is 12.4. The number of ketones is 1. The molecule has 0 unspecified atom stereocenters. The van der Waals surface area contributed by atoms with E-state index < -0.39 is 18.4 Å². The first-order valence-corrected chi connectivity index (χ1v) is 21.4. The second-order valence-electron chi connectivity index (χ2n) is 16.0. The van der Waals surface area contributed by atoms with Crippen molar-refractivity contribution < 1.29 is 14.0 Å². The smallest absolute Gasteiger partial charge is 0.159 e. The first-order chi connectivity index (χ1) is 32.6. The summed E-state index contributed by atoms with van der Waals surface area (Å²) >= 11 is 0. The van der Waals surface area contributed by atoms with E-state index in [4.69, 9.17) is 14.1 Å². The van der Waals surface area contributed by atoms with Gasteiger partial charge >= 0.3 is 0 Å². The van der Waals surface area contributed by atoms with E-state index in [0.717, 1.165) is 112 Å². The lowest BCUT2D eigenvalue weighted by Crippen LogP contribution is -1.99. The molecule has 0 amide bonds. The van der Waals surface area contributed by atoms with Gasteiger partial charge in [0.05, 0.1) is 28.2 Å². The van der Waals surface area contributed by atoms with Gasteiger partial charge in [0.2, 0.25) is 0 Å². The number of aliphatic hydroxyl groups excluding tert-OH is 1. The Labute approximate surface area is 377 Å². The van der Waals surface area contributed by atoms with Crippen LogP contribution in [0.3, 0.4) is 0 Å². The lowest BCUT2D eigenvalue weighted by Gasteiger charge is -2.18. The van der Waals surface area contributed by atoms with Gasteiger partial charge in [-0.15, -0.1) is 0 Å². The van der Waals surface area contributed by atoms with Gasteiger partial charge in [0.1, 0.15) is 0 Å². The van der Waals surface area contributed by atoms with E-state index in [1.54, 1.807) is 0 Å². The largest absolute Gasteiger partial charge is 0.512 e. The van der Waals surface area contributed by atoms with Crippen LogP contribution in [-0.4, -0.2) is 20.9 Å². The molecule has 4 heteroatoms. The number of para-hydroxylation sites is 2. The molecule has 0 aliphatic heterocycles. The van der Waals surface area contributed by atoms with E-state index >= 15 is 0 Å². The second-order valence-corrected chi connectivity index (χ2v) is 16.0. The molecule has 10 rings (SSSR count). The molecule has 2 heterocycles. The van der Waals surface area contributed by atoms with Crippen LogP contribution in [0.25, 0.3) is 100.0 Å². The highest BCUT2D eigenvalue weighted by Crippen LogP contribution is 2.41. The average Bonchev–Trinajstić information content (AvgIpc) is 3.37. The van der Waals surface area contributed by atoms with Gasteiger partial charge in [-0.3, -0.25) is 4.79 Å². The van der Waals surface area contributed by atoms with Gasteiger partial charge in [-0.25, -0.2) is 9.97 Å². The van der Waals surface area contributed by atoms with Crippen molar-refractivity contribution in [1.29, 1.82) is 0 Å². The first-order valence-electron chi connectivity index (χ1n) is 22.9. The number of allylic oxidation sites excluding steroid dienone is 2. The Kier molecular flexibility index (Phi) is 10.0. The third kappa shape index (κ3) is 8.37. The standard InChI is InChI=1S/C60H44N2O2/c1-40(63)36-51(64)33-30-41-12-2-5-15-52(41)48-37-49(55-18-8-6-16-53(55)42-22-26-46(27-23-42)59-34-31-44-13-3-10-20-57(44)61-59)39-50(38-48)56-19-9-7-17-54(56)43-24-28-47(29-25-43)60-35-32-45-14-4-11-21-58(45)62-60/h2-29,31-32,34-39,63H,30,33H2,1H3/b40-36-/i1D3. The molecule has 0 bridgehead atoms. The molecule has 0 fully saturated rings. The fourth-order valence-electron chi connectivity index (χ4n) is 8.66. The number of aliphatic hydroxyl groups is 1. The molecular formula is C60H44N2O2. The third-order valence-corrected chi connectivity index (χ3v) is 11.9. The zero-order valence-electron chi connectivity index (χ0n) is 37.9. The summed E-state index contributed by atoms with van der Waals surface area (Å²) in [6.45, 7) is -2.75. The van der Waals surface area contributed by atoms with Gasteiger partial charge in [0, 0.05) is 38.5 Å². The predicted octanol–water partition coefficient (Wildman–Crippen LogP) is 15.4. The zero-order chi connectivity index (χ0) is 45.9. The Balaban J connectivity index is 1.06. The molecule has 0 aliphatic rings. The minimum Gasteiger partial charge on any atom is -0.512 e. The lowest BCUT2D eigenvalue weighted by molar-refractivity contribution is -0.114. The van der Waals surface area contributed by atoms with Gasteiger partial charge < -0.3 is 5.11 Å². The Morgan fingerprint density at radius 1 is 0.453 bits per heavy atom.